The number of benzene rings is 1. The molecule has 0 radical (unpaired) electrons. The number of carboxylic acids is 1. The number of aromatic carboxylic acids is 1. The fraction of sp³-hybridized carbons (Fsp3) is 0.364. The van der Waals surface area contributed by atoms with E-state index >= 15 is 0 Å². The van der Waals surface area contributed by atoms with Crippen molar-refractivity contribution in [3.8, 4) is 0 Å². The molecule has 1 aromatic rings. The quantitative estimate of drug-likeness (QED) is 0.898. The molecule has 0 unspecified atom stereocenters. The summed E-state index contributed by atoms with van der Waals surface area (Å²) in [5.74, 6) is -0.206. The molecule has 1 heterocycles. The van der Waals surface area contributed by atoms with Gasteiger partial charge in [0.25, 0.3) is 0 Å². The predicted octanol–water partition coefficient (Wildman–Crippen LogP) is 2.60. The smallest absolute Gasteiger partial charge is 0.337 e. The first-order valence-electron chi connectivity index (χ1n) is 4.85. The summed E-state index contributed by atoms with van der Waals surface area (Å²) in [6.45, 7) is 4.04. The van der Waals surface area contributed by atoms with Crippen LogP contribution in [-0.2, 0) is 0 Å². The van der Waals surface area contributed by atoms with Gasteiger partial charge >= 0.3 is 5.97 Å². The van der Waals surface area contributed by atoms with Gasteiger partial charge in [-0.25, -0.2) is 4.79 Å². The van der Waals surface area contributed by atoms with Crippen LogP contribution < -0.4 is 4.90 Å². The van der Waals surface area contributed by atoms with Crippen molar-refractivity contribution < 1.29 is 9.90 Å². The molecule has 80 valence electrons. The van der Waals surface area contributed by atoms with E-state index in [0.29, 0.717) is 11.5 Å². The Morgan fingerprint density at radius 2 is 2.20 bits per heavy atom. The van der Waals surface area contributed by atoms with Crippen LogP contribution in [0.4, 0.5) is 5.69 Å². The second-order valence-corrected chi connectivity index (χ2v) is 4.89. The van der Waals surface area contributed by atoms with Gasteiger partial charge in [0.05, 0.1) is 11.3 Å². The Bertz CT molecular complexity index is 400. The Morgan fingerprint density at radius 1 is 1.53 bits per heavy atom. The molecule has 2 rings (SSSR count). The lowest BCUT2D eigenvalue weighted by Crippen LogP contribution is -2.45. The van der Waals surface area contributed by atoms with Crippen molar-refractivity contribution in [3.05, 3.63) is 28.2 Å². The molecule has 1 aliphatic heterocycles. The maximum absolute atomic E-state index is 11.0. The van der Waals surface area contributed by atoms with Gasteiger partial charge in [0.2, 0.25) is 0 Å². The summed E-state index contributed by atoms with van der Waals surface area (Å²) in [4.78, 5) is 13.1. The van der Waals surface area contributed by atoms with Gasteiger partial charge in [0, 0.05) is 17.6 Å². The minimum absolute atomic E-state index is 0.380. The highest BCUT2D eigenvalue weighted by Crippen LogP contribution is 2.30. The number of halogens is 1. The minimum atomic E-state index is -0.864. The first-order chi connectivity index (χ1) is 7.08. The zero-order chi connectivity index (χ0) is 11.0. The van der Waals surface area contributed by atoms with Crippen LogP contribution in [0.25, 0.3) is 0 Å². The Labute approximate surface area is 96.8 Å². The van der Waals surface area contributed by atoms with Gasteiger partial charge in [-0.1, -0.05) is 22.9 Å². The molecular formula is C11H12BrNO2. The number of carboxylic acid groups (broad SMARTS) is 1. The molecule has 1 aromatic carbocycles. The van der Waals surface area contributed by atoms with Crippen molar-refractivity contribution in [2.24, 2.45) is 5.92 Å². The SMILES string of the molecule is CC1CN(c2cc(Br)ccc2C(=O)O)C1. The minimum Gasteiger partial charge on any atom is -0.478 e. The van der Waals surface area contributed by atoms with E-state index in [1.54, 1.807) is 12.1 Å². The fourth-order valence-electron chi connectivity index (χ4n) is 1.84. The molecule has 1 aliphatic rings. The maximum atomic E-state index is 11.0. The second kappa shape index (κ2) is 3.85. The monoisotopic (exact) mass is 269 g/mol. The van der Waals surface area contributed by atoms with Crippen LogP contribution in [0.2, 0.25) is 0 Å². The van der Waals surface area contributed by atoms with Crippen molar-refractivity contribution in [1.82, 2.24) is 0 Å². The molecule has 3 nitrogen and oxygen atoms in total. The van der Waals surface area contributed by atoms with Crippen LogP contribution in [0.3, 0.4) is 0 Å². The van der Waals surface area contributed by atoms with E-state index in [0.717, 1.165) is 23.2 Å². The number of hydrogen-bond acceptors (Lipinski definition) is 2. The zero-order valence-corrected chi connectivity index (χ0v) is 9.99. The predicted molar refractivity (Wildman–Crippen MR) is 62.5 cm³/mol. The summed E-state index contributed by atoms with van der Waals surface area (Å²) in [6.07, 6.45) is 0. The average Bonchev–Trinajstić information content (AvgIpc) is 2.12. The molecule has 1 saturated heterocycles. The van der Waals surface area contributed by atoms with Crippen molar-refractivity contribution >= 4 is 27.6 Å². The summed E-state index contributed by atoms with van der Waals surface area (Å²) < 4.78 is 0.919. The first-order valence-corrected chi connectivity index (χ1v) is 5.65. The lowest BCUT2D eigenvalue weighted by atomic mass is 10.00. The van der Waals surface area contributed by atoms with E-state index in [9.17, 15) is 4.79 Å². The molecule has 0 saturated carbocycles. The first kappa shape index (κ1) is 10.5. The van der Waals surface area contributed by atoms with Crippen molar-refractivity contribution in [1.29, 1.82) is 0 Å². The van der Waals surface area contributed by atoms with Crippen LogP contribution in [0.1, 0.15) is 17.3 Å². The highest BCUT2D eigenvalue weighted by atomic mass is 79.9. The Hall–Kier alpha value is -1.03. The van der Waals surface area contributed by atoms with Crippen molar-refractivity contribution in [2.45, 2.75) is 6.92 Å². The van der Waals surface area contributed by atoms with Crippen LogP contribution in [0.15, 0.2) is 22.7 Å². The summed E-state index contributed by atoms with van der Waals surface area (Å²) in [5.41, 5.74) is 1.19. The van der Waals surface area contributed by atoms with Gasteiger partial charge in [0.15, 0.2) is 0 Å². The van der Waals surface area contributed by atoms with E-state index in [-0.39, 0.29) is 0 Å². The molecule has 0 aliphatic carbocycles. The molecular weight excluding hydrogens is 258 g/mol. The van der Waals surface area contributed by atoms with Gasteiger partial charge in [-0.2, -0.15) is 0 Å². The van der Waals surface area contributed by atoms with Gasteiger partial charge in [-0.15, -0.1) is 0 Å². The Morgan fingerprint density at radius 3 is 2.73 bits per heavy atom. The van der Waals surface area contributed by atoms with E-state index in [1.807, 2.05) is 6.07 Å². The van der Waals surface area contributed by atoms with E-state index < -0.39 is 5.97 Å². The van der Waals surface area contributed by atoms with Gasteiger partial charge < -0.3 is 10.0 Å². The molecule has 0 aromatic heterocycles. The highest BCUT2D eigenvalue weighted by Gasteiger charge is 2.26. The molecule has 1 N–H and O–H groups in total. The zero-order valence-electron chi connectivity index (χ0n) is 8.40. The number of hydrogen-bond donors (Lipinski definition) is 1. The van der Waals surface area contributed by atoms with Crippen molar-refractivity contribution in [2.75, 3.05) is 18.0 Å². The fourth-order valence-corrected chi connectivity index (χ4v) is 2.19. The second-order valence-electron chi connectivity index (χ2n) is 3.98. The number of anilines is 1. The lowest BCUT2D eigenvalue weighted by molar-refractivity contribution is 0.0697. The third-order valence-corrected chi connectivity index (χ3v) is 3.09. The van der Waals surface area contributed by atoms with Gasteiger partial charge in [0.1, 0.15) is 0 Å². The topological polar surface area (TPSA) is 40.5 Å². The number of rotatable bonds is 2. The summed E-state index contributed by atoms with van der Waals surface area (Å²) in [5, 5.41) is 9.05. The van der Waals surface area contributed by atoms with E-state index in [4.69, 9.17) is 5.11 Å². The van der Waals surface area contributed by atoms with E-state index in [2.05, 4.69) is 27.8 Å². The summed E-state index contributed by atoms with van der Waals surface area (Å²) in [7, 11) is 0. The maximum Gasteiger partial charge on any atom is 0.337 e. The molecule has 4 heteroatoms. The normalized spacial score (nSPS) is 16.3. The van der Waals surface area contributed by atoms with Crippen LogP contribution in [-0.4, -0.2) is 24.2 Å². The molecule has 0 bridgehead atoms. The van der Waals surface area contributed by atoms with Crippen LogP contribution >= 0.6 is 15.9 Å². The van der Waals surface area contributed by atoms with E-state index in [1.165, 1.54) is 0 Å². The lowest BCUT2D eigenvalue weighted by Gasteiger charge is -2.39. The summed E-state index contributed by atoms with van der Waals surface area (Å²) in [6, 6.07) is 5.27. The molecule has 15 heavy (non-hydrogen) atoms. The molecule has 0 atom stereocenters. The van der Waals surface area contributed by atoms with Crippen LogP contribution in [0, 0.1) is 5.92 Å². The standard InChI is InChI=1S/C11H12BrNO2/c1-7-5-13(6-7)10-4-8(12)2-3-9(10)11(14)15/h2-4,7H,5-6H2,1H3,(H,14,15). The molecule has 1 fully saturated rings. The Balaban J connectivity index is 2.35. The highest BCUT2D eigenvalue weighted by molar-refractivity contribution is 9.10. The summed E-state index contributed by atoms with van der Waals surface area (Å²) >= 11 is 3.36. The number of carbonyl (C=O) groups is 1. The van der Waals surface area contributed by atoms with Crippen molar-refractivity contribution in [3.63, 3.8) is 0 Å². The third kappa shape index (κ3) is 2.00. The largest absolute Gasteiger partial charge is 0.478 e. The Kier molecular flexibility index (Phi) is 2.69. The van der Waals surface area contributed by atoms with Gasteiger partial charge in [-0.05, 0) is 24.1 Å². The molecule has 0 spiro atoms. The third-order valence-electron chi connectivity index (χ3n) is 2.59. The average molecular weight is 270 g/mol. The number of nitrogens with zero attached hydrogens (tertiary/aromatic N) is 1. The molecule has 0 amide bonds. The van der Waals surface area contributed by atoms with Crippen LogP contribution in [0.5, 0.6) is 0 Å². The van der Waals surface area contributed by atoms with Gasteiger partial charge in [-0.3, -0.25) is 0 Å².